The second-order valence-corrected chi connectivity index (χ2v) is 10.4. The Bertz CT molecular complexity index is 820. The van der Waals surface area contributed by atoms with Gasteiger partial charge in [-0.2, -0.15) is 4.31 Å². The predicted octanol–water partition coefficient (Wildman–Crippen LogP) is 2.29. The van der Waals surface area contributed by atoms with E-state index in [0.717, 1.165) is 19.3 Å². The summed E-state index contributed by atoms with van der Waals surface area (Å²) >= 11 is 0. The van der Waals surface area contributed by atoms with E-state index in [0.29, 0.717) is 38.4 Å². The smallest absolute Gasteiger partial charge is 0.243 e. The third-order valence-corrected chi connectivity index (χ3v) is 8.23. The highest BCUT2D eigenvalue weighted by molar-refractivity contribution is 7.89. The molecule has 8 heteroatoms. The van der Waals surface area contributed by atoms with E-state index in [2.05, 4.69) is 17.6 Å². The van der Waals surface area contributed by atoms with E-state index >= 15 is 0 Å². The molecular weight excluding hydrogens is 402 g/mol. The second-order valence-electron chi connectivity index (χ2n) is 8.47. The molecule has 2 atom stereocenters. The number of carbonyl (C=O) groups is 2. The standard InChI is InChI=1S/C22H33N3O4S/c1-17-7-5-6-10-20(17)24-21(26)11-14-23-22(27)18-12-15-25(16-13-18)30(28,29)19-8-3-2-4-9-19/h2-4,8-9,17-18,20H,5-7,10-16H2,1H3,(H,23,27)(H,24,26)/t17-,20-/m0/s1. The molecular formula is C22H33N3O4S. The van der Waals surface area contributed by atoms with E-state index in [-0.39, 0.29) is 35.1 Å². The molecule has 1 aliphatic carbocycles. The maximum absolute atomic E-state index is 12.7. The largest absolute Gasteiger partial charge is 0.355 e. The van der Waals surface area contributed by atoms with E-state index in [1.54, 1.807) is 30.3 Å². The Morgan fingerprint density at radius 2 is 1.70 bits per heavy atom. The number of rotatable bonds is 7. The van der Waals surface area contributed by atoms with E-state index < -0.39 is 10.0 Å². The molecule has 1 heterocycles. The zero-order chi connectivity index (χ0) is 21.6. The van der Waals surface area contributed by atoms with Gasteiger partial charge < -0.3 is 10.6 Å². The summed E-state index contributed by atoms with van der Waals surface area (Å²) < 4.78 is 26.8. The van der Waals surface area contributed by atoms with E-state index in [9.17, 15) is 18.0 Å². The second kappa shape index (κ2) is 10.4. The van der Waals surface area contributed by atoms with Crippen molar-refractivity contribution >= 4 is 21.8 Å². The van der Waals surface area contributed by atoms with E-state index in [4.69, 9.17) is 0 Å². The molecule has 1 aromatic carbocycles. The highest BCUT2D eigenvalue weighted by Crippen LogP contribution is 2.24. The van der Waals surface area contributed by atoms with Crippen molar-refractivity contribution in [3.05, 3.63) is 30.3 Å². The van der Waals surface area contributed by atoms with Crippen LogP contribution in [0.3, 0.4) is 0 Å². The minimum atomic E-state index is -3.51. The van der Waals surface area contributed by atoms with Gasteiger partial charge in [-0.15, -0.1) is 0 Å². The maximum atomic E-state index is 12.7. The summed E-state index contributed by atoms with van der Waals surface area (Å²) in [6.07, 6.45) is 5.83. The van der Waals surface area contributed by atoms with Gasteiger partial charge in [-0.05, 0) is 43.7 Å². The average Bonchev–Trinajstić information content (AvgIpc) is 2.76. The third kappa shape index (κ3) is 5.82. The van der Waals surface area contributed by atoms with E-state index in [1.807, 2.05) is 0 Å². The highest BCUT2D eigenvalue weighted by Gasteiger charge is 2.32. The number of hydrogen-bond acceptors (Lipinski definition) is 4. The van der Waals surface area contributed by atoms with Gasteiger partial charge in [0.15, 0.2) is 0 Å². The van der Waals surface area contributed by atoms with Crippen molar-refractivity contribution in [2.45, 2.75) is 62.8 Å². The van der Waals surface area contributed by atoms with Crippen LogP contribution in [0.2, 0.25) is 0 Å². The molecule has 0 bridgehead atoms. The van der Waals surface area contributed by atoms with Crippen molar-refractivity contribution in [1.29, 1.82) is 0 Å². The van der Waals surface area contributed by atoms with Crippen LogP contribution in [-0.4, -0.2) is 50.2 Å². The van der Waals surface area contributed by atoms with Gasteiger partial charge in [-0.3, -0.25) is 9.59 Å². The molecule has 2 fully saturated rings. The Labute approximate surface area is 179 Å². The Hall–Kier alpha value is -1.93. The van der Waals surface area contributed by atoms with Gasteiger partial charge in [0.25, 0.3) is 0 Å². The van der Waals surface area contributed by atoms with Crippen LogP contribution in [0.4, 0.5) is 0 Å². The summed E-state index contributed by atoms with van der Waals surface area (Å²) in [4.78, 5) is 24.9. The van der Waals surface area contributed by atoms with E-state index in [1.165, 1.54) is 10.7 Å². The number of benzene rings is 1. The number of sulfonamides is 1. The van der Waals surface area contributed by atoms with Crippen LogP contribution in [0, 0.1) is 11.8 Å². The van der Waals surface area contributed by atoms with Crippen LogP contribution in [0.25, 0.3) is 0 Å². The van der Waals surface area contributed by atoms with Gasteiger partial charge in [0.2, 0.25) is 21.8 Å². The maximum Gasteiger partial charge on any atom is 0.243 e. The molecule has 2 N–H and O–H groups in total. The third-order valence-electron chi connectivity index (χ3n) is 6.31. The molecule has 166 valence electrons. The molecule has 0 spiro atoms. The summed E-state index contributed by atoms with van der Waals surface area (Å²) in [5.74, 6) is 0.187. The van der Waals surface area contributed by atoms with Crippen LogP contribution < -0.4 is 10.6 Å². The molecule has 0 unspecified atom stereocenters. The number of hydrogen-bond donors (Lipinski definition) is 2. The molecule has 1 aromatic rings. The van der Waals surface area contributed by atoms with Gasteiger partial charge in [0.1, 0.15) is 0 Å². The van der Waals surface area contributed by atoms with Crippen molar-refractivity contribution in [2.24, 2.45) is 11.8 Å². The number of nitrogens with zero attached hydrogens (tertiary/aromatic N) is 1. The summed E-state index contributed by atoms with van der Waals surface area (Å²) in [6.45, 7) is 3.15. The lowest BCUT2D eigenvalue weighted by Gasteiger charge is -2.30. The van der Waals surface area contributed by atoms with Gasteiger partial charge >= 0.3 is 0 Å². The van der Waals surface area contributed by atoms with Crippen LogP contribution >= 0.6 is 0 Å². The Balaban J connectivity index is 1.39. The molecule has 3 rings (SSSR count). The zero-order valence-corrected chi connectivity index (χ0v) is 18.5. The van der Waals surface area contributed by atoms with Gasteiger partial charge in [-0.25, -0.2) is 8.42 Å². The normalized spacial score (nSPS) is 23.6. The topological polar surface area (TPSA) is 95.6 Å². The molecule has 0 aromatic heterocycles. The van der Waals surface area contributed by atoms with Gasteiger partial charge in [-0.1, -0.05) is 38.0 Å². The monoisotopic (exact) mass is 435 g/mol. The number of piperidine rings is 1. The summed E-state index contributed by atoms with van der Waals surface area (Å²) in [5.41, 5.74) is 0. The summed E-state index contributed by atoms with van der Waals surface area (Å²) in [5, 5.41) is 5.95. The van der Waals surface area contributed by atoms with Crippen LogP contribution in [0.15, 0.2) is 35.2 Å². The summed E-state index contributed by atoms with van der Waals surface area (Å²) in [6, 6.07) is 8.63. The van der Waals surface area contributed by atoms with Crippen LogP contribution in [0.1, 0.15) is 51.9 Å². The lowest BCUT2D eigenvalue weighted by molar-refractivity contribution is -0.126. The number of nitrogens with one attached hydrogen (secondary N) is 2. The fourth-order valence-electron chi connectivity index (χ4n) is 4.35. The first-order valence-electron chi connectivity index (χ1n) is 11.0. The Kier molecular flexibility index (Phi) is 7.88. The minimum absolute atomic E-state index is 0.0159. The zero-order valence-electron chi connectivity index (χ0n) is 17.7. The van der Waals surface area contributed by atoms with Gasteiger partial charge in [0, 0.05) is 38.0 Å². The highest BCUT2D eigenvalue weighted by atomic mass is 32.2. The fraction of sp³-hybridized carbons (Fsp3) is 0.636. The van der Waals surface area contributed by atoms with Crippen molar-refractivity contribution in [3.8, 4) is 0 Å². The fourth-order valence-corrected chi connectivity index (χ4v) is 5.84. The van der Waals surface area contributed by atoms with Crippen molar-refractivity contribution in [2.75, 3.05) is 19.6 Å². The molecule has 0 radical (unpaired) electrons. The first kappa shape index (κ1) is 22.7. The molecule has 7 nitrogen and oxygen atoms in total. The molecule has 30 heavy (non-hydrogen) atoms. The van der Waals surface area contributed by atoms with Crippen molar-refractivity contribution < 1.29 is 18.0 Å². The predicted molar refractivity (Wildman–Crippen MR) is 115 cm³/mol. The first-order chi connectivity index (χ1) is 14.4. The lowest BCUT2D eigenvalue weighted by atomic mass is 9.86. The van der Waals surface area contributed by atoms with Crippen molar-refractivity contribution in [1.82, 2.24) is 14.9 Å². The average molecular weight is 436 g/mol. The lowest BCUT2D eigenvalue weighted by Crippen LogP contribution is -2.44. The molecule has 1 saturated carbocycles. The number of carbonyl (C=O) groups excluding carboxylic acids is 2. The Morgan fingerprint density at radius 1 is 1.03 bits per heavy atom. The molecule has 2 amide bonds. The summed E-state index contributed by atoms with van der Waals surface area (Å²) in [7, 11) is -3.51. The van der Waals surface area contributed by atoms with Gasteiger partial charge in [0.05, 0.1) is 4.90 Å². The SMILES string of the molecule is C[C@H]1CCCC[C@@H]1NC(=O)CCNC(=O)C1CCN(S(=O)(=O)c2ccccc2)CC1. The Morgan fingerprint density at radius 3 is 2.37 bits per heavy atom. The molecule has 1 aliphatic heterocycles. The molecule has 1 saturated heterocycles. The van der Waals surface area contributed by atoms with Crippen molar-refractivity contribution in [3.63, 3.8) is 0 Å². The first-order valence-corrected chi connectivity index (χ1v) is 12.4. The minimum Gasteiger partial charge on any atom is -0.355 e. The molecule has 2 aliphatic rings. The van der Waals surface area contributed by atoms with Crippen LogP contribution in [-0.2, 0) is 19.6 Å². The van der Waals surface area contributed by atoms with Crippen LogP contribution in [0.5, 0.6) is 0 Å². The quantitative estimate of drug-likeness (QED) is 0.687. The number of amides is 2.